The molecule has 0 unspecified atom stereocenters. The van der Waals surface area contributed by atoms with E-state index >= 15 is 0 Å². The number of ketones is 2. The van der Waals surface area contributed by atoms with E-state index < -0.39 is 11.7 Å². The van der Waals surface area contributed by atoms with Crippen LogP contribution in [0.1, 0.15) is 47.2 Å². The first kappa shape index (κ1) is 20.4. The lowest BCUT2D eigenvalue weighted by molar-refractivity contribution is 0.0526. The Morgan fingerprint density at radius 1 is 1.10 bits per heavy atom. The summed E-state index contributed by atoms with van der Waals surface area (Å²) in [5.41, 5.74) is 1.13. The van der Waals surface area contributed by atoms with Crippen LogP contribution in [-0.2, 0) is 11.3 Å². The summed E-state index contributed by atoms with van der Waals surface area (Å²) in [6, 6.07) is 8.64. The number of fused-ring (bicyclic) bond motifs is 1. The standard InChI is InChI=1S/C22H24N2O5/c1-22(2,3)29-21(27)23-10-12-24-11-9-16-19(24)18(25)13-17(20(16)26)14-5-7-15(28-4)8-6-14/h5-9,11,13H,10,12H2,1-4H3,(H,23,27). The van der Waals surface area contributed by atoms with Gasteiger partial charge in [0.2, 0.25) is 5.78 Å². The molecule has 1 amide bonds. The molecule has 0 fully saturated rings. The van der Waals surface area contributed by atoms with E-state index in [0.717, 1.165) is 0 Å². The van der Waals surface area contributed by atoms with Crippen LogP contribution in [0, 0.1) is 0 Å². The van der Waals surface area contributed by atoms with Crippen molar-refractivity contribution in [1.29, 1.82) is 0 Å². The molecule has 0 saturated carbocycles. The molecule has 0 atom stereocenters. The van der Waals surface area contributed by atoms with Gasteiger partial charge in [-0.3, -0.25) is 9.59 Å². The predicted molar refractivity (Wildman–Crippen MR) is 108 cm³/mol. The number of Topliss-reactive ketones (excluding diaryl/α,β-unsaturated/α-hetero) is 1. The van der Waals surface area contributed by atoms with Crippen molar-refractivity contribution in [2.24, 2.45) is 0 Å². The van der Waals surface area contributed by atoms with Gasteiger partial charge in [0.1, 0.15) is 17.0 Å². The van der Waals surface area contributed by atoms with Crippen molar-refractivity contribution < 1.29 is 23.9 Å². The maximum Gasteiger partial charge on any atom is 0.407 e. The Hall–Kier alpha value is -3.35. The highest BCUT2D eigenvalue weighted by Gasteiger charge is 2.29. The third-order valence-corrected chi connectivity index (χ3v) is 4.38. The number of nitrogens with zero attached hydrogens (tertiary/aromatic N) is 1. The second-order valence-electron chi connectivity index (χ2n) is 7.68. The largest absolute Gasteiger partial charge is 0.497 e. The highest BCUT2D eigenvalue weighted by molar-refractivity contribution is 6.38. The summed E-state index contributed by atoms with van der Waals surface area (Å²) in [4.78, 5) is 37.4. The fourth-order valence-corrected chi connectivity index (χ4v) is 3.10. The molecule has 1 aromatic heterocycles. The summed E-state index contributed by atoms with van der Waals surface area (Å²) in [6.07, 6.45) is 2.52. The zero-order valence-corrected chi connectivity index (χ0v) is 16.9. The minimum atomic E-state index is -0.582. The minimum Gasteiger partial charge on any atom is -0.497 e. The van der Waals surface area contributed by atoms with Crippen molar-refractivity contribution in [2.75, 3.05) is 13.7 Å². The summed E-state index contributed by atoms with van der Waals surface area (Å²) in [7, 11) is 1.57. The molecular formula is C22H24N2O5. The second-order valence-corrected chi connectivity index (χ2v) is 7.68. The van der Waals surface area contributed by atoms with E-state index in [4.69, 9.17) is 9.47 Å². The average molecular weight is 396 g/mol. The number of hydrogen-bond acceptors (Lipinski definition) is 5. The van der Waals surface area contributed by atoms with Gasteiger partial charge >= 0.3 is 6.09 Å². The van der Waals surface area contributed by atoms with Gasteiger partial charge in [0.15, 0.2) is 5.78 Å². The Balaban J connectivity index is 1.73. The van der Waals surface area contributed by atoms with Gasteiger partial charge in [0.05, 0.1) is 12.7 Å². The first-order valence-electron chi connectivity index (χ1n) is 9.31. The molecule has 2 aromatic rings. The van der Waals surface area contributed by atoms with Crippen LogP contribution in [0.2, 0.25) is 0 Å². The molecule has 0 saturated heterocycles. The SMILES string of the molecule is COc1ccc(C2=CC(=O)c3c(ccn3CCNC(=O)OC(C)(C)C)C2=O)cc1. The van der Waals surface area contributed by atoms with Crippen LogP contribution in [0.3, 0.4) is 0 Å². The van der Waals surface area contributed by atoms with E-state index in [1.165, 1.54) is 6.08 Å². The van der Waals surface area contributed by atoms with Gasteiger partial charge in [-0.1, -0.05) is 12.1 Å². The number of benzene rings is 1. The fraction of sp³-hybridized carbons (Fsp3) is 0.318. The van der Waals surface area contributed by atoms with Crippen LogP contribution in [0.25, 0.3) is 5.57 Å². The third kappa shape index (κ3) is 4.56. The smallest absolute Gasteiger partial charge is 0.407 e. The van der Waals surface area contributed by atoms with Gasteiger partial charge in [0, 0.05) is 24.9 Å². The Labute approximate surface area is 169 Å². The molecule has 1 aromatic carbocycles. The second kappa shape index (κ2) is 7.95. The lowest BCUT2D eigenvalue weighted by Crippen LogP contribution is -2.34. The Bertz CT molecular complexity index is 978. The van der Waals surface area contributed by atoms with Gasteiger partial charge in [-0.25, -0.2) is 4.79 Å². The number of carbonyl (C=O) groups excluding carboxylic acids is 3. The Kier molecular flexibility index (Phi) is 5.59. The third-order valence-electron chi connectivity index (χ3n) is 4.38. The summed E-state index contributed by atoms with van der Waals surface area (Å²) in [6.45, 7) is 5.97. The van der Waals surface area contributed by atoms with Gasteiger partial charge in [-0.2, -0.15) is 0 Å². The Morgan fingerprint density at radius 3 is 2.41 bits per heavy atom. The molecule has 1 heterocycles. The van der Waals surface area contributed by atoms with Gasteiger partial charge in [-0.05, 0) is 50.6 Å². The molecule has 7 nitrogen and oxygen atoms in total. The molecule has 1 aliphatic carbocycles. The van der Waals surface area contributed by atoms with Crippen LogP contribution < -0.4 is 10.1 Å². The molecule has 0 aliphatic heterocycles. The van der Waals surface area contributed by atoms with E-state index in [2.05, 4.69) is 5.32 Å². The number of carbonyl (C=O) groups is 3. The maximum absolute atomic E-state index is 12.9. The monoisotopic (exact) mass is 396 g/mol. The van der Waals surface area contributed by atoms with E-state index in [1.807, 2.05) is 0 Å². The van der Waals surface area contributed by atoms with Crippen molar-refractivity contribution in [2.45, 2.75) is 32.9 Å². The molecule has 1 N–H and O–H groups in total. The zero-order chi connectivity index (χ0) is 21.2. The summed E-state index contributed by atoms with van der Waals surface area (Å²) in [5.74, 6) is 0.226. The molecule has 0 spiro atoms. The average Bonchev–Trinajstić information content (AvgIpc) is 3.08. The number of hydrogen-bond donors (Lipinski definition) is 1. The lowest BCUT2D eigenvalue weighted by atomic mass is 9.90. The van der Waals surface area contributed by atoms with Crippen molar-refractivity contribution in [1.82, 2.24) is 9.88 Å². The number of allylic oxidation sites excluding steroid dienone is 2. The number of alkyl carbamates (subject to hydrolysis) is 1. The van der Waals surface area contributed by atoms with E-state index in [0.29, 0.717) is 34.7 Å². The molecule has 1 aliphatic rings. The molecule has 29 heavy (non-hydrogen) atoms. The predicted octanol–water partition coefficient (Wildman–Crippen LogP) is 3.48. The Morgan fingerprint density at radius 2 is 1.79 bits per heavy atom. The molecule has 3 rings (SSSR count). The minimum absolute atomic E-state index is 0.205. The van der Waals surface area contributed by atoms with Gasteiger partial charge in [0.25, 0.3) is 0 Å². The highest BCUT2D eigenvalue weighted by atomic mass is 16.6. The summed E-state index contributed by atoms with van der Waals surface area (Å²) < 4.78 is 12.0. The van der Waals surface area contributed by atoms with Crippen LogP contribution in [0.5, 0.6) is 5.75 Å². The number of aromatic nitrogens is 1. The van der Waals surface area contributed by atoms with Gasteiger partial charge in [-0.15, -0.1) is 0 Å². The number of methoxy groups -OCH3 is 1. The summed E-state index contributed by atoms with van der Waals surface area (Å²) in [5, 5.41) is 2.65. The number of rotatable bonds is 5. The van der Waals surface area contributed by atoms with E-state index in [1.54, 1.807) is 69.0 Å². The van der Waals surface area contributed by atoms with Crippen molar-refractivity contribution in [3.05, 3.63) is 59.4 Å². The van der Waals surface area contributed by atoms with Crippen molar-refractivity contribution >= 4 is 23.2 Å². The number of amides is 1. The van der Waals surface area contributed by atoms with Gasteiger partial charge < -0.3 is 19.4 Å². The van der Waals surface area contributed by atoms with Crippen LogP contribution in [0.15, 0.2) is 42.6 Å². The summed E-state index contributed by atoms with van der Waals surface area (Å²) >= 11 is 0. The molecule has 7 heteroatoms. The van der Waals surface area contributed by atoms with E-state index in [-0.39, 0.29) is 18.1 Å². The maximum atomic E-state index is 12.9. The van der Waals surface area contributed by atoms with Crippen LogP contribution in [0.4, 0.5) is 4.79 Å². The lowest BCUT2D eigenvalue weighted by Gasteiger charge is -2.20. The van der Waals surface area contributed by atoms with E-state index in [9.17, 15) is 14.4 Å². The molecule has 152 valence electrons. The number of nitrogens with one attached hydrogen (secondary N) is 1. The fourth-order valence-electron chi connectivity index (χ4n) is 3.10. The normalized spacial score (nSPS) is 13.6. The quantitative estimate of drug-likeness (QED) is 0.836. The molecule has 0 radical (unpaired) electrons. The first-order valence-corrected chi connectivity index (χ1v) is 9.31. The zero-order valence-electron chi connectivity index (χ0n) is 16.9. The van der Waals surface area contributed by atoms with Crippen LogP contribution in [-0.4, -0.2) is 41.5 Å². The van der Waals surface area contributed by atoms with Crippen molar-refractivity contribution in [3.8, 4) is 5.75 Å². The van der Waals surface area contributed by atoms with Crippen molar-refractivity contribution in [3.63, 3.8) is 0 Å². The first-order chi connectivity index (χ1) is 13.7. The van der Waals surface area contributed by atoms with Crippen LogP contribution >= 0.6 is 0 Å². The highest BCUT2D eigenvalue weighted by Crippen LogP contribution is 2.29. The number of ether oxygens (including phenoxy) is 2. The molecule has 0 bridgehead atoms. The topological polar surface area (TPSA) is 86.6 Å². The molecular weight excluding hydrogens is 372 g/mol.